The molecule has 3 rings (SSSR count). The standard InChI is InChI=1S/C19H29N3O3/c1-19(2,22-8-10-25-11-9-22)13-20-18(23)21-17-12-16(17)14-4-6-15(24-3)7-5-14/h4-7,16-17H,8-13H2,1-3H3,(H2,20,21,23)/t16-,17-/m0/s1. The molecular formula is C19H29N3O3. The van der Waals surface area contributed by atoms with Crippen molar-refractivity contribution in [3.05, 3.63) is 29.8 Å². The molecule has 2 fully saturated rings. The molecule has 1 aliphatic heterocycles. The molecule has 25 heavy (non-hydrogen) atoms. The molecule has 0 radical (unpaired) electrons. The average molecular weight is 347 g/mol. The van der Waals surface area contributed by atoms with Gasteiger partial charge in [0.05, 0.1) is 20.3 Å². The Kier molecular flexibility index (Phi) is 5.49. The molecular weight excluding hydrogens is 318 g/mol. The zero-order valence-electron chi connectivity index (χ0n) is 15.4. The smallest absolute Gasteiger partial charge is 0.315 e. The molecule has 1 heterocycles. The van der Waals surface area contributed by atoms with Gasteiger partial charge in [-0.05, 0) is 38.0 Å². The number of methoxy groups -OCH3 is 1. The van der Waals surface area contributed by atoms with Gasteiger partial charge in [0.2, 0.25) is 0 Å². The van der Waals surface area contributed by atoms with E-state index >= 15 is 0 Å². The Morgan fingerprint density at radius 1 is 1.28 bits per heavy atom. The number of nitrogens with zero attached hydrogens (tertiary/aromatic N) is 1. The first kappa shape index (κ1) is 18.0. The van der Waals surface area contributed by atoms with Crippen molar-refractivity contribution < 1.29 is 14.3 Å². The molecule has 1 aromatic rings. The van der Waals surface area contributed by atoms with E-state index in [1.807, 2.05) is 12.1 Å². The first-order chi connectivity index (χ1) is 12.0. The molecule has 138 valence electrons. The molecule has 0 unspecified atom stereocenters. The molecule has 1 aliphatic carbocycles. The van der Waals surface area contributed by atoms with E-state index in [-0.39, 0.29) is 17.6 Å². The summed E-state index contributed by atoms with van der Waals surface area (Å²) in [6, 6.07) is 8.22. The molecule has 0 bridgehead atoms. The first-order valence-electron chi connectivity index (χ1n) is 9.01. The lowest BCUT2D eigenvalue weighted by Crippen LogP contribution is -2.56. The molecule has 1 aromatic carbocycles. The highest BCUT2D eigenvalue weighted by Gasteiger charge is 2.39. The number of rotatable bonds is 6. The minimum absolute atomic E-state index is 0.0694. The van der Waals surface area contributed by atoms with Crippen LogP contribution in [0.25, 0.3) is 0 Å². The number of carbonyl (C=O) groups excluding carboxylic acids is 1. The molecule has 1 saturated carbocycles. The lowest BCUT2D eigenvalue weighted by Gasteiger charge is -2.40. The molecule has 2 amide bonds. The summed E-state index contributed by atoms with van der Waals surface area (Å²) >= 11 is 0. The second-order valence-corrected chi connectivity index (χ2v) is 7.46. The van der Waals surface area contributed by atoms with Gasteiger partial charge in [-0.2, -0.15) is 0 Å². The number of hydrogen-bond donors (Lipinski definition) is 2. The Bertz CT molecular complexity index is 582. The summed E-state index contributed by atoms with van der Waals surface area (Å²) in [5.74, 6) is 1.26. The summed E-state index contributed by atoms with van der Waals surface area (Å²) in [4.78, 5) is 14.6. The summed E-state index contributed by atoms with van der Waals surface area (Å²) in [5, 5.41) is 6.11. The van der Waals surface area contributed by atoms with Gasteiger partial charge in [0.15, 0.2) is 0 Å². The normalized spacial score (nSPS) is 23.8. The van der Waals surface area contributed by atoms with Crippen LogP contribution in [0.5, 0.6) is 5.75 Å². The van der Waals surface area contributed by atoms with Crippen LogP contribution in [0.15, 0.2) is 24.3 Å². The van der Waals surface area contributed by atoms with Crippen LogP contribution < -0.4 is 15.4 Å². The van der Waals surface area contributed by atoms with Gasteiger partial charge in [-0.3, -0.25) is 4.90 Å². The third kappa shape index (κ3) is 4.64. The van der Waals surface area contributed by atoms with E-state index in [0.717, 1.165) is 38.5 Å². The van der Waals surface area contributed by atoms with E-state index in [1.54, 1.807) is 7.11 Å². The quantitative estimate of drug-likeness (QED) is 0.826. The zero-order valence-corrected chi connectivity index (χ0v) is 15.4. The molecule has 2 atom stereocenters. The van der Waals surface area contributed by atoms with Crippen LogP contribution in [0.4, 0.5) is 4.79 Å². The van der Waals surface area contributed by atoms with Crippen molar-refractivity contribution in [3.8, 4) is 5.75 Å². The molecule has 6 heteroatoms. The fourth-order valence-electron chi connectivity index (χ4n) is 3.37. The SMILES string of the molecule is COc1ccc([C@@H]2C[C@@H]2NC(=O)NCC(C)(C)N2CCOCC2)cc1. The van der Waals surface area contributed by atoms with Gasteiger partial charge in [-0.1, -0.05) is 12.1 Å². The van der Waals surface area contributed by atoms with Gasteiger partial charge < -0.3 is 20.1 Å². The zero-order chi connectivity index (χ0) is 17.9. The number of ether oxygens (including phenoxy) is 2. The Morgan fingerprint density at radius 3 is 2.60 bits per heavy atom. The fraction of sp³-hybridized carbons (Fsp3) is 0.632. The van der Waals surface area contributed by atoms with Crippen LogP contribution in [0, 0.1) is 0 Å². The predicted octanol–water partition coefficient (Wildman–Crippen LogP) is 1.96. The lowest BCUT2D eigenvalue weighted by atomic mass is 10.0. The van der Waals surface area contributed by atoms with Crippen LogP contribution in [0.3, 0.4) is 0 Å². The Balaban J connectivity index is 1.42. The van der Waals surface area contributed by atoms with Gasteiger partial charge in [0.25, 0.3) is 0 Å². The van der Waals surface area contributed by atoms with Crippen molar-refractivity contribution in [1.82, 2.24) is 15.5 Å². The van der Waals surface area contributed by atoms with Crippen LogP contribution >= 0.6 is 0 Å². The number of hydrogen-bond acceptors (Lipinski definition) is 4. The molecule has 2 N–H and O–H groups in total. The highest BCUT2D eigenvalue weighted by Crippen LogP contribution is 2.41. The van der Waals surface area contributed by atoms with E-state index in [1.165, 1.54) is 5.56 Å². The molecule has 0 aromatic heterocycles. The van der Waals surface area contributed by atoms with Gasteiger partial charge in [0.1, 0.15) is 5.75 Å². The van der Waals surface area contributed by atoms with Crippen molar-refractivity contribution >= 4 is 6.03 Å². The van der Waals surface area contributed by atoms with E-state index in [0.29, 0.717) is 12.5 Å². The van der Waals surface area contributed by atoms with Crippen molar-refractivity contribution in [2.75, 3.05) is 40.0 Å². The number of carbonyl (C=O) groups is 1. The van der Waals surface area contributed by atoms with Crippen LogP contribution in [-0.2, 0) is 4.74 Å². The summed E-state index contributed by atoms with van der Waals surface area (Å²) in [5.41, 5.74) is 1.18. The van der Waals surface area contributed by atoms with Gasteiger partial charge in [-0.15, -0.1) is 0 Å². The summed E-state index contributed by atoms with van der Waals surface area (Å²) in [7, 11) is 1.67. The summed E-state index contributed by atoms with van der Waals surface area (Å²) < 4.78 is 10.6. The molecule has 1 saturated heterocycles. The fourth-order valence-corrected chi connectivity index (χ4v) is 3.37. The monoisotopic (exact) mass is 347 g/mol. The summed E-state index contributed by atoms with van der Waals surface area (Å²) in [6.45, 7) is 8.31. The van der Waals surface area contributed by atoms with Crippen LogP contribution in [0.2, 0.25) is 0 Å². The third-order valence-corrected chi connectivity index (χ3v) is 5.20. The Hall–Kier alpha value is -1.79. The van der Waals surface area contributed by atoms with Gasteiger partial charge >= 0.3 is 6.03 Å². The lowest BCUT2D eigenvalue weighted by molar-refractivity contribution is -0.00874. The number of nitrogens with one attached hydrogen (secondary N) is 2. The molecule has 0 spiro atoms. The highest BCUT2D eigenvalue weighted by atomic mass is 16.5. The number of urea groups is 1. The van der Waals surface area contributed by atoms with Crippen molar-refractivity contribution in [1.29, 1.82) is 0 Å². The van der Waals surface area contributed by atoms with Crippen LogP contribution in [-0.4, -0.2) is 62.5 Å². The topological polar surface area (TPSA) is 62.8 Å². The Labute approximate surface area is 149 Å². The minimum Gasteiger partial charge on any atom is -0.497 e. The van der Waals surface area contributed by atoms with E-state index in [2.05, 4.69) is 41.5 Å². The number of benzene rings is 1. The molecule has 6 nitrogen and oxygen atoms in total. The maximum Gasteiger partial charge on any atom is 0.315 e. The van der Waals surface area contributed by atoms with E-state index < -0.39 is 0 Å². The summed E-state index contributed by atoms with van der Waals surface area (Å²) in [6.07, 6.45) is 0.993. The second kappa shape index (κ2) is 7.62. The van der Waals surface area contributed by atoms with Crippen molar-refractivity contribution in [2.45, 2.75) is 37.8 Å². The minimum atomic E-state index is -0.0812. The highest BCUT2D eigenvalue weighted by molar-refractivity contribution is 5.75. The van der Waals surface area contributed by atoms with E-state index in [9.17, 15) is 4.79 Å². The van der Waals surface area contributed by atoms with E-state index in [4.69, 9.17) is 9.47 Å². The predicted molar refractivity (Wildman–Crippen MR) is 97.1 cm³/mol. The maximum atomic E-state index is 12.2. The van der Waals surface area contributed by atoms with Crippen molar-refractivity contribution in [2.24, 2.45) is 0 Å². The maximum absolute atomic E-state index is 12.2. The third-order valence-electron chi connectivity index (χ3n) is 5.20. The van der Waals surface area contributed by atoms with Gasteiger partial charge in [-0.25, -0.2) is 4.79 Å². The first-order valence-corrected chi connectivity index (χ1v) is 9.01. The average Bonchev–Trinajstić information content (AvgIpc) is 3.40. The second-order valence-electron chi connectivity index (χ2n) is 7.46. The Morgan fingerprint density at radius 2 is 1.96 bits per heavy atom. The largest absolute Gasteiger partial charge is 0.497 e. The van der Waals surface area contributed by atoms with Gasteiger partial charge in [0, 0.05) is 37.1 Å². The molecule has 2 aliphatic rings. The van der Waals surface area contributed by atoms with Crippen LogP contribution in [0.1, 0.15) is 31.7 Å². The van der Waals surface area contributed by atoms with Crippen molar-refractivity contribution in [3.63, 3.8) is 0 Å². The number of morpholine rings is 1. The number of amides is 2.